The van der Waals surface area contributed by atoms with Gasteiger partial charge in [0, 0.05) is 43.4 Å². The van der Waals surface area contributed by atoms with Crippen LogP contribution in [0, 0.1) is 0 Å². The number of phenolic OH excluding ortho intramolecular Hbond substituents is 1. The Hall–Kier alpha value is -0.970. The molecule has 0 saturated carbocycles. The molecule has 0 bridgehead atoms. The van der Waals surface area contributed by atoms with Crippen LogP contribution in [0.2, 0.25) is 5.02 Å². The first kappa shape index (κ1) is 14.4. The zero-order valence-electron chi connectivity index (χ0n) is 11.4. The Morgan fingerprint density at radius 3 is 2.58 bits per heavy atom. The number of methoxy groups -OCH3 is 2. The van der Waals surface area contributed by atoms with Crippen LogP contribution in [0.3, 0.4) is 0 Å². The Morgan fingerprint density at radius 2 is 2.00 bits per heavy atom. The highest BCUT2D eigenvalue weighted by Crippen LogP contribution is 2.34. The summed E-state index contributed by atoms with van der Waals surface area (Å²) in [4.78, 5) is 2.29. The Balaban J connectivity index is 2.05. The van der Waals surface area contributed by atoms with Gasteiger partial charge in [-0.15, -0.1) is 0 Å². The number of benzene rings is 1. The molecule has 5 heteroatoms. The maximum Gasteiger partial charge on any atom is 0.162 e. The van der Waals surface area contributed by atoms with Crippen molar-refractivity contribution in [3.8, 4) is 11.5 Å². The molecule has 0 unspecified atom stereocenters. The summed E-state index contributed by atoms with van der Waals surface area (Å²) in [5, 5.41) is 10.7. The number of rotatable bonds is 4. The van der Waals surface area contributed by atoms with Crippen LogP contribution in [0.4, 0.5) is 0 Å². The second-order valence-electron chi connectivity index (χ2n) is 4.83. The fourth-order valence-electron chi connectivity index (χ4n) is 2.45. The molecule has 1 saturated heterocycles. The average Bonchev–Trinajstić information content (AvgIpc) is 2.43. The normalized spacial score (nSPS) is 17.6. The van der Waals surface area contributed by atoms with Crippen LogP contribution in [-0.2, 0) is 11.3 Å². The smallest absolute Gasteiger partial charge is 0.162 e. The first-order valence-electron chi connectivity index (χ1n) is 6.44. The number of piperidine rings is 1. The van der Waals surface area contributed by atoms with Gasteiger partial charge in [-0.1, -0.05) is 11.6 Å². The van der Waals surface area contributed by atoms with E-state index in [1.54, 1.807) is 19.2 Å². The average molecular weight is 286 g/mol. The van der Waals surface area contributed by atoms with E-state index in [9.17, 15) is 5.11 Å². The van der Waals surface area contributed by atoms with Crippen LogP contribution in [-0.4, -0.2) is 43.4 Å². The van der Waals surface area contributed by atoms with Crippen molar-refractivity contribution in [1.29, 1.82) is 0 Å². The van der Waals surface area contributed by atoms with Gasteiger partial charge in [0.2, 0.25) is 0 Å². The van der Waals surface area contributed by atoms with E-state index in [4.69, 9.17) is 21.1 Å². The molecule has 1 aromatic rings. The Labute approximate surface area is 118 Å². The van der Waals surface area contributed by atoms with Gasteiger partial charge in [-0.2, -0.15) is 0 Å². The maximum atomic E-state index is 10.1. The number of ether oxygens (including phenoxy) is 2. The molecule has 0 aromatic heterocycles. The van der Waals surface area contributed by atoms with Crippen molar-refractivity contribution in [3.63, 3.8) is 0 Å². The monoisotopic (exact) mass is 285 g/mol. The molecule has 1 aliphatic heterocycles. The van der Waals surface area contributed by atoms with Gasteiger partial charge in [-0.05, 0) is 18.9 Å². The number of phenols is 1. The van der Waals surface area contributed by atoms with Gasteiger partial charge >= 0.3 is 0 Å². The third-order valence-corrected chi connectivity index (χ3v) is 3.82. The molecule has 1 aromatic carbocycles. The van der Waals surface area contributed by atoms with E-state index in [1.165, 1.54) is 7.11 Å². The van der Waals surface area contributed by atoms with Gasteiger partial charge in [0.05, 0.1) is 13.2 Å². The van der Waals surface area contributed by atoms with Gasteiger partial charge in [0.15, 0.2) is 11.5 Å². The fourth-order valence-corrected chi connectivity index (χ4v) is 2.68. The Morgan fingerprint density at radius 1 is 1.32 bits per heavy atom. The van der Waals surface area contributed by atoms with Crippen molar-refractivity contribution in [1.82, 2.24) is 4.90 Å². The second kappa shape index (κ2) is 6.46. The molecule has 1 fully saturated rings. The van der Waals surface area contributed by atoms with E-state index in [2.05, 4.69) is 4.90 Å². The van der Waals surface area contributed by atoms with Gasteiger partial charge in [-0.25, -0.2) is 0 Å². The van der Waals surface area contributed by atoms with E-state index in [0.717, 1.165) is 31.5 Å². The molecule has 4 nitrogen and oxygen atoms in total. The van der Waals surface area contributed by atoms with Gasteiger partial charge in [-0.3, -0.25) is 4.90 Å². The summed E-state index contributed by atoms with van der Waals surface area (Å²) in [5.41, 5.74) is 0.806. The summed E-state index contributed by atoms with van der Waals surface area (Å²) in [7, 11) is 3.28. The lowest BCUT2D eigenvalue weighted by molar-refractivity contribution is 0.0386. The predicted molar refractivity (Wildman–Crippen MR) is 75.0 cm³/mol. The van der Waals surface area contributed by atoms with Gasteiger partial charge in [0.1, 0.15) is 0 Å². The molecule has 0 aliphatic carbocycles. The lowest BCUT2D eigenvalue weighted by atomic mass is 10.1. The summed E-state index contributed by atoms with van der Waals surface area (Å²) in [5.74, 6) is 0.607. The van der Waals surface area contributed by atoms with E-state index >= 15 is 0 Å². The third-order valence-electron chi connectivity index (χ3n) is 3.60. The number of hydrogen-bond donors (Lipinski definition) is 1. The molecule has 1 aliphatic rings. The van der Waals surface area contributed by atoms with Crippen molar-refractivity contribution in [2.75, 3.05) is 27.3 Å². The SMILES string of the molecule is COc1cc(Cl)cc(CN2CCC(OC)CC2)c1O. The Bertz CT molecular complexity index is 431. The molecule has 0 spiro atoms. The zero-order chi connectivity index (χ0) is 13.8. The van der Waals surface area contributed by atoms with Crippen LogP contribution in [0.5, 0.6) is 11.5 Å². The topological polar surface area (TPSA) is 41.9 Å². The number of nitrogens with zero attached hydrogens (tertiary/aromatic N) is 1. The van der Waals surface area contributed by atoms with Crippen LogP contribution in [0.15, 0.2) is 12.1 Å². The standard InChI is InChI=1S/C14H20ClNO3/c1-18-12-3-5-16(6-4-12)9-10-7-11(15)8-13(19-2)14(10)17/h7-8,12,17H,3-6,9H2,1-2H3. The van der Waals surface area contributed by atoms with E-state index in [1.807, 2.05) is 0 Å². The number of aromatic hydroxyl groups is 1. The molecule has 0 radical (unpaired) electrons. The van der Waals surface area contributed by atoms with Crippen molar-refractivity contribution < 1.29 is 14.6 Å². The number of hydrogen-bond acceptors (Lipinski definition) is 4. The van der Waals surface area contributed by atoms with Crippen molar-refractivity contribution >= 4 is 11.6 Å². The quantitative estimate of drug-likeness (QED) is 0.923. The summed E-state index contributed by atoms with van der Waals surface area (Å²) in [6.07, 6.45) is 2.41. The molecule has 1 heterocycles. The summed E-state index contributed by atoms with van der Waals surface area (Å²) in [6, 6.07) is 3.42. The van der Waals surface area contributed by atoms with Gasteiger partial charge in [0.25, 0.3) is 0 Å². The molecular weight excluding hydrogens is 266 g/mol. The minimum Gasteiger partial charge on any atom is -0.504 e. The summed E-state index contributed by atoms with van der Waals surface area (Å²) in [6.45, 7) is 2.61. The third kappa shape index (κ3) is 3.53. The largest absolute Gasteiger partial charge is 0.504 e. The maximum absolute atomic E-state index is 10.1. The molecule has 0 atom stereocenters. The van der Waals surface area contributed by atoms with Crippen molar-refractivity contribution in [2.24, 2.45) is 0 Å². The minimum atomic E-state index is 0.181. The zero-order valence-corrected chi connectivity index (χ0v) is 12.1. The number of likely N-dealkylation sites (tertiary alicyclic amines) is 1. The molecule has 19 heavy (non-hydrogen) atoms. The van der Waals surface area contributed by atoms with Crippen LogP contribution in [0.25, 0.3) is 0 Å². The lowest BCUT2D eigenvalue weighted by Gasteiger charge is -2.31. The van der Waals surface area contributed by atoms with E-state index < -0.39 is 0 Å². The first-order valence-corrected chi connectivity index (χ1v) is 6.82. The lowest BCUT2D eigenvalue weighted by Crippen LogP contribution is -2.36. The van der Waals surface area contributed by atoms with Crippen LogP contribution < -0.4 is 4.74 Å². The molecule has 0 amide bonds. The molecule has 2 rings (SSSR count). The molecule has 1 N–H and O–H groups in total. The fraction of sp³-hybridized carbons (Fsp3) is 0.571. The number of halogens is 1. The Kier molecular flexibility index (Phi) is 4.91. The highest BCUT2D eigenvalue weighted by atomic mass is 35.5. The van der Waals surface area contributed by atoms with Crippen molar-refractivity contribution in [2.45, 2.75) is 25.5 Å². The highest BCUT2D eigenvalue weighted by Gasteiger charge is 2.20. The van der Waals surface area contributed by atoms with Gasteiger partial charge < -0.3 is 14.6 Å². The van der Waals surface area contributed by atoms with E-state index in [-0.39, 0.29) is 5.75 Å². The van der Waals surface area contributed by atoms with Crippen LogP contribution in [0.1, 0.15) is 18.4 Å². The van der Waals surface area contributed by atoms with E-state index in [0.29, 0.717) is 23.4 Å². The predicted octanol–water partition coefficient (Wildman–Crippen LogP) is 2.67. The minimum absolute atomic E-state index is 0.181. The molecule has 106 valence electrons. The second-order valence-corrected chi connectivity index (χ2v) is 5.26. The highest BCUT2D eigenvalue weighted by molar-refractivity contribution is 6.30. The first-order chi connectivity index (χ1) is 9.13. The van der Waals surface area contributed by atoms with Crippen LogP contribution >= 0.6 is 11.6 Å². The van der Waals surface area contributed by atoms with Crippen molar-refractivity contribution in [3.05, 3.63) is 22.7 Å². The summed E-state index contributed by atoms with van der Waals surface area (Å²) < 4.78 is 10.5. The molecular formula is C14H20ClNO3. The summed E-state index contributed by atoms with van der Waals surface area (Å²) >= 11 is 6.03.